The number of nitrogens with one attached hydrogen (secondary N) is 1. The maximum Gasteiger partial charge on any atom is 0.241 e. The summed E-state index contributed by atoms with van der Waals surface area (Å²) in [5.41, 5.74) is 6.00. The second kappa shape index (κ2) is 6.87. The molecule has 6 heteroatoms. The highest BCUT2D eigenvalue weighted by atomic mass is 19.1. The number of benzene rings is 1. The van der Waals surface area contributed by atoms with E-state index in [9.17, 15) is 9.18 Å². The number of aliphatic hydroxyl groups is 1. The predicted molar refractivity (Wildman–Crippen MR) is 80.3 cm³/mol. The van der Waals surface area contributed by atoms with Crippen molar-refractivity contribution in [3.05, 3.63) is 24.0 Å². The van der Waals surface area contributed by atoms with E-state index in [1.54, 1.807) is 0 Å². The molecule has 1 saturated heterocycles. The average Bonchev–Trinajstić information content (AvgIpc) is 2.91. The highest BCUT2D eigenvalue weighted by Gasteiger charge is 2.29. The largest absolute Gasteiger partial charge is 0.396 e. The number of likely N-dealkylation sites (tertiary alicyclic amines) is 1. The van der Waals surface area contributed by atoms with Crippen LogP contribution in [-0.4, -0.2) is 41.7 Å². The van der Waals surface area contributed by atoms with Crippen molar-refractivity contribution in [1.82, 2.24) is 4.90 Å². The Kier molecular flexibility index (Phi) is 5.14. The van der Waals surface area contributed by atoms with Crippen LogP contribution in [0.1, 0.15) is 19.8 Å². The number of hydrogen-bond donors (Lipinski definition) is 3. The number of carbonyl (C=O) groups is 1. The van der Waals surface area contributed by atoms with E-state index >= 15 is 0 Å². The van der Waals surface area contributed by atoms with Gasteiger partial charge < -0.3 is 16.2 Å². The Bertz CT molecular complexity index is 510. The molecule has 1 aliphatic heterocycles. The van der Waals surface area contributed by atoms with Crippen LogP contribution in [0.4, 0.5) is 15.8 Å². The Morgan fingerprint density at radius 3 is 3.05 bits per heavy atom. The van der Waals surface area contributed by atoms with E-state index in [2.05, 4.69) is 10.2 Å². The minimum atomic E-state index is -0.493. The van der Waals surface area contributed by atoms with Crippen molar-refractivity contribution in [2.75, 3.05) is 30.7 Å². The minimum Gasteiger partial charge on any atom is -0.396 e. The summed E-state index contributed by atoms with van der Waals surface area (Å²) in [6.07, 6.45) is 1.78. The molecular weight excluding hydrogens is 273 g/mol. The lowest BCUT2D eigenvalue weighted by atomic mass is 10.1. The van der Waals surface area contributed by atoms with Gasteiger partial charge in [-0.1, -0.05) is 0 Å². The van der Waals surface area contributed by atoms with Crippen LogP contribution in [0.5, 0.6) is 0 Å². The van der Waals surface area contributed by atoms with Gasteiger partial charge in [-0.3, -0.25) is 9.69 Å². The number of nitrogen functional groups attached to an aromatic ring is 1. The van der Waals surface area contributed by atoms with Crippen LogP contribution < -0.4 is 11.1 Å². The molecule has 4 N–H and O–H groups in total. The summed E-state index contributed by atoms with van der Waals surface area (Å²) in [6, 6.07) is 3.88. The second-order valence-electron chi connectivity index (χ2n) is 5.56. The molecule has 1 aromatic rings. The molecule has 1 aromatic carbocycles. The molecule has 0 spiro atoms. The van der Waals surface area contributed by atoms with Gasteiger partial charge in [0, 0.05) is 18.8 Å². The molecule has 21 heavy (non-hydrogen) atoms. The third-order valence-electron chi connectivity index (χ3n) is 4.05. The standard InChI is InChI=1S/C15H22FN3O2/c1-10(19-6-4-11(9-19)5-7-20)15(21)18-12-2-3-13(16)14(17)8-12/h2-3,8,10-11,20H,4-7,9,17H2,1H3,(H,18,21). The monoisotopic (exact) mass is 295 g/mol. The molecule has 0 aliphatic carbocycles. The molecule has 1 heterocycles. The van der Waals surface area contributed by atoms with Crippen molar-refractivity contribution >= 4 is 17.3 Å². The van der Waals surface area contributed by atoms with Crippen molar-refractivity contribution in [3.63, 3.8) is 0 Å². The van der Waals surface area contributed by atoms with Gasteiger partial charge in [-0.05, 0) is 50.4 Å². The van der Waals surface area contributed by atoms with E-state index in [0.717, 1.165) is 25.9 Å². The predicted octanol–water partition coefficient (Wildman–Crippen LogP) is 1.44. The first kappa shape index (κ1) is 15.7. The van der Waals surface area contributed by atoms with E-state index in [1.807, 2.05) is 6.92 Å². The number of amides is 1. The van der Waals surface area contributed by atoms with Crippen LogP contribution in [0.15, 0.2) is 18.2 Å². The molecule has 0 bridgehead atoms. The minimum absolute atomic E-state index is 0.0182. The molecule has 2 unspecified atom stereocenters. The number of rotatable bonds is 5. The van der Waals surface area contributed by atoms with Gasteiger partial charge >= 0.3 is 0 Å². The fourth-order valence-corrected chi connectivity index (χ4v) is 2.67. The Morgan fingerprint density at radius 1 is 1.62 bits per heavy atom. The van der Waals surface area contributed by atoms with Crippen LogP contribution in [-0.2, 0) is 4.79 Å². The summed E-state index contributed by atoms with van der Waals surface area (Å²) < 4.78 is 13.1. The van der Waals surface area contributed by atoms with Gasteiger partial charge in [0.15, 0.2) is 0 Å². The normalized spacial score (nSPS) is 20.4. The Balaban J connectivity index is 1.92. The van der Waals surface area contributed by atoms with Crippen molar-refractivity contribution in [2.45, 2.75) is 25.8 Å². The van der Waals surface area contributed by atoms with E-state index < -0.39 is 5.82 Å². The molecule has 5 nitrogen and oxygen atoms in total. The van der Waals surface area contributed by atoms with Gasteiger partial charge in [0.2, 0.25) is 5.91 Å². The van der Waals surface area contributed by atoms with Crippen molar-refractivity contribution in [1.29, 1.82) is 0 Å². The smallest absolute Gasteiger partial charge is 0.241 e. The van der Waals surface area contributed by atoms with Gasteiger partial charge in [0.1, 0.15) is 5.82 Å². The summed E-state index contributed by atoms with van der Waals surface area (Å²) >= 11 is 0. The number of hydrogen-bond acceptors (Lipinski definition) is 4. The van der Waals surface area contributed by atoms with Crippen molar-refractivity contribution in [2.24, 2.45) is 5.92 Å². The van der Waals surface area contributed by atoms with E-state index in [1.165, 1.54) is 18.2 Å². The first-order valence-electron chi connectivity index (χ1n) is 7.22. The van der Waals surface area contributed by atoms with Crippen LogP contribution in [0.2, 0.25) is 0 Å². The second-order valence-corrected chi connectivity index (χ2v) is 5.56. The molecule has 0 radical (unpaired) electrons. The van der Waals surface area contributed by atoms with Crippen LogP contribution in [0, 0.1) is 11.7 Å². The summed E-state index contributed by atoms with van der Waals surface area (Å²) in [5.74, 6) is -0.176. The Morgan fingerprint density at radius 2 is 2.38 bits per heavy atom. The Labute approximate surface area is 123 Å². The number of carbonyl (C=O) groups excluding carboxylic acids is 1. The lowest BCUT2D eigenvalue weighted by molar-refractivity contribution is -0.120. The van der Waals surface area contributed by atoms with Crippen LogP contribution in [0.25, 0.3) is 0 Å². The molecule has 0 aromatic heterocycles. The molecule has 0 saturated carbocycles. The van der Waals surface area contributed by atoms with E-state index in [-0.39, 0.29) is 24.2 Å². The maximum absolute atomic E-state index is 13.1. The van der Waals surface area contributed by atoms with E-state index in [0.29, 0.717) is 11.6 Å². The fourth-order valence-electron chi connectivity index (χ4n) is 2.67. The molecular formula is C15H22FN3O2. The van der Waals surface area contributed by atoms with Gasteiger partial charge in [0.25, 0.3) is 0 Å². The first-order valence-corrected chi connectivity index (χ1v) is 7.22. The van der Waals surface area contributed by atoms with Gasteiger partial charge in [-0.25, -0.2) is 4.39 Å². The van der Waals surface area contributed by atoms with Gasteiger partial charge in [-0.2, -0.15) is 0 Å². The number of halogens is 1. The molecule has 116 valence electrons. The summed E-state index contributed by atoms with van der Waals surface area (Å²) in [7, 11) is 0. The Hall–Kier alpha value is -1.66. The zero-order chi connectivity index (χ0) is 15.4. The van der Waals surface area contributed by atoms with Gasteiger partial charge in [0.05, 0.1) is 11.7 Å². The summed E-state index contributed by atoms with van der Waals surface area (Å²) in [6.45, 7) is 3.71. The fraction of sp³-hybridized carbons (Fsp3) is 0.533. The van der Waals surface area contributed by atoms with E-state index in [4.69, 9.17) is 10.8 Å². The summed E-state index contributed by atoms with van der Waals surface area (Å²) in [4.78, 5) is 14.3. The van der Waals surface area contributed by atoms with Crippen LogP contribution >= 0.6 is 0 Å². The molecule has 2 rings (SSSR count). The summed E-state index contributed by atoms with van der Waals surface area (Å²) in [5, 5.41) is 11.7. The molecule has 2 atom stereocenters. The third kappa shape index (κ3) is 3.92. The highest BCUT2D eigenvalue weighted by Crippen LogP contribution is 2.22. The lowest BCUT2D eigenvalue weighted by Crippen LogP contribution is -2.40. The molecule has 1 aliphatic rings. The molecule has 1 amide bonds. The number of aliphatic hydroxyl groups excluding tert-OH is 1. The number of nitrogens with zero attached hydrogens (tertiary/aromatic N) is 1. The zero-order valence-electron chi connectivity index (χ0n) is 12.2. The third-order valence-corrected chi connectivity index (χ3v) is 4.05. The first-order chi connectivity index (χ1) is 10.0. The van der Waals surface area contributed by atoms with Crippen LogP contribution in [0.3, 0.4) is 0 Å². The maximum atomic E-state index is 13.1. The average molecular weight is 295 g/mol. The zero-order valence-corrected chi connectivity index (χ0v) is 12.2. The topological polar surface area (TPSA) is 78.6 Å². The van der Waals surface area contributed by atoms with Crippen molar-refractivity contribution < 1.29 is 14.3 Å². The SMILES string of the molecule is CC(C(=O)Nc1ccc(F)c(N)c1)N1CCC(CCO)C1. The van der Waals surface area contributed by atoms with Crippen molar-refractivity contribution in [3.8, 4) is 0 Å². The molecule has 1 fully saturated rings. The number of nitrogens with two attached hydrogens (primary N) is 1. The quantitative estimate of drug-likeness (QED) is 0.718. The number of anilines is 2. The highest BCUT2D eigenvalue weighted by molar-refractivity contribution is 5.94. The van der Waals surface area contributed by atoms with Gasteiger partial charge in [-0.15, -0.1) is 0 Å². The lowest BCUT2D eigenvalue weighted by Gasteiger charge is -2.23.